The zero-order chi connectivity index (χ0) is 32.1. The largest absolute Gasteiger partial charge is 0.497 e. The van der Waals surface area contributed by atoms with Crippen LogP contribution in [0, 0.1) is 6.92 Å². The molecule has 2 heterocycles. The van der Waals surface area contributed by atoms with E-state index in [0.29, 0.717) is 17.5 Å². The summed E-state index contributed by atoms with van der Waals surface area (Å²) in [6.07, 6.45) is 0.577. The normalized spacial score (nSPS) is 17.9. The summed E-state index contributed by atoms with van der Waals surface area (Å²) in [5.74, 6) is 0.721. The van der Waals surface area contributed by atoms with E-state index in [4.69, 9.17) is 14.2 Å². The van der Waals surface area contributed by atoms with Crippen LogP contribution in [0.25, 0.3) is 0 Å². The average Bonchev–Trinajstić information content (AvgIpc) is 3.50. The number of thioether (sulfide) groups is 1. The number of hydrogen-bond donors (Lipinski definition) is 1. The van der Waals surface area contributed by atoms with E-state index in [1.54, 1.807) is 26.2 Å². The smallest absolute Gasteiger partial charge is 0.330 e. The molecule has 1 aliphatic rings. The first-order valence-electron chi connectivity index (χ1n) is 15.0. The minimum absolute atomic E-state index is 0.0996. The molecule has 1 saturated heterocycles. The molecule has 1 aromatic heterocycles. The number of carbonyl (C=O) groups excluding carboxylic acids is 1. The second-order valence-corrected chi connectivity index (χ2v) is 12.3. The van der Waals surface area contributed by atoms with E-state index in [2.05, 4.69) is 4.98 Å². The average molecular weight is 635 g/mol. The highest BCUT2D eigenvalue weighted by atomic mass is 32.2. The second kappa shape index (κ2) is 13.7. The first-order valence-corrected chi connectivity index (χ1v) is 15.9. The molecule has 0 saturated carbocycles. The van der Waals surface area contributed by atoms with Gasteiger partial charge in [-0.3, -0.25) is 19.1 Å². The van der Waals surface area contributed by atoms with Crippen molar-refractivity contribution in [2.45, 2.75) is 36.5 Å². The first-order chi connectivity index (χ1) is 22.4. The molecular formula is C37H34N2O6S. The number of aromatic nitrogens is 2. The van der Waals surface area contributed by atoms with Gasteiger partial charge in [0.25, 0.3) is 5.56 Å². The van der Waals surface area contributed by atoms with Gasteiger partial charge in [0, 0.05) is 29.0 Å². The number of nitrogens with one attached hydrogen (secondary N) is 1. The molecule has 1 N–H and O–H groups in total. The summed E-state index contributed by atoms with van der Waals surface area (Å²) < 4.78 is 20.5. The van der Waals surface area contributed by atoms with Crippen LogP contribution in [-0.2, 0) is 15.1 Å². The third-order valence-electron chi connectivity index (χ3n) is 8.23. The zero-order valence-corrected chi connectivity index (χ0v) is 26.3. The Hall–Kier alpha value is -4.70. The van der Waals surface area contributed by atoms with Crippen molar-refractivity contribution in [3.63, 3.8) is 0 Å². The van der Waals surface area contributed by atoms with E-state index in [9.17, 15) is 14.4 Å². The molecule has 0 radical (unpaired) electrons. The molecule has 6 rings (SSSR count). The lowest BCUT2D eigenvalue weighted by Gasteiger charge is -2.37. The van der Waals surface area contributed by atoms with Crippen LogP contribution < -0.4 is 16.0 Å². The summed E-state index contributed by atoms with van der Waals surface area (Å²) in [6.45, 7) is 1.74. The summed E-state index contributed by atoms with van der Waals surface area (Å²) in [6, 6.07) is 36.8. The van der Waals surface area contributed by atoms with E-state index in [0.717, 1.165) is 22.4 Å². The third kappa shape index (κ3) is 6.35. The van der Waals surface area contributed by atoms with Crippen molar-refractivity contribution in [2.24, 2.45) is 0 Å². The van der Waals surface area contributed by atoms with Gasteiger partial charge in [0.1, 0.15) is 17.6 Å². The number of aryl methyl sites for hydroxylation is 1. The van der Waals surface area contributed by atoms with Crippen molar-refractivity contribution < 1.29 is 19.0 Å². The summed E-state index contributed by atoms with van der Waals surface area (Å²) in [4.78, 5) is 40.8. The summed E-state index contributed by atoms with van der Waals surface area (Å²) in [5, 5.41) is -0.450. The van der Waals surface area contributed by atoms with Gasteiger partial charge in [-0.1, -0.05) is 115 Å². The van der Waals surface area contributed by atoms with Gasteiger partial charge >= 0.3 is 5.69 Å². The van der Waals surface area contributed by atoms with Crippen LogP contribution in [0.2, 0.25) is 0 Å². The highest BCUT2D eigenvalue weighted by Gasteiger charge is 2.43. The number of benzene rings is 4. The van der Waals surface area contributed by atoms with E-state index >= 15 is 0 Å². The number of aromatic amines is 1. The minimum atomic E-state index is -1.04. The highest BCUT2D eigenvalue weighted by Crippen LogP contribution is 2.43. The Bertz CT molecular complexity index is 1850. The Balaban J connectivity index is 1.40. The lowest BCUT2D eigenvalue weighted by atomic mass is 9.80. The number of methoxy groups -OCH3 is 1. The molecule has 0 bridgehead atoms. The van der Waals surface area contributed by atoms with Crippen LogP contribution in [0.15, 0.2) is 131 Å². The van der Waals surface area contributed by atoms with Crippen molar-refractivity contribution in [2.75, 3.05) is 13.7 Å². The molecule has 1 aliphatic heterocycles. The van der Waals surface area contributed by atoms with Crippen LogP contribution >= 0.6 is 11.8 Å². The van der Waals surface area contributed by atoms with Crippen LogP contribution in [0.4, 0.5) is 0 Å². The Labute approximate surface area is 271 Å². The van der Waals surface area contributed by atoms with Gasteiger partial charge in [-0.25, -0.2) is 4.79 Å². The van der Waals surface area contributed by atoms with Crippen molar-refractivity contribution >= 4 is 16.9 Å². The molecule has 0 aliphatic carbocycles. The number of ether oxygens (including phenoxy) is 3. The predicted molar refractivity (Wildman–Crippen MR) is 178 cm³/mol. The third-order valence-corrected chi connectivity index (χ3v) is 9.47. The zero-order valence-electron chi connectivity index (χ0n) is 25.5. The standard InChI is InChI=1S/C37H34N2O6S/c1-25-23-39(36(42)38-34(25)40)33-22-32(46-35(41)26-12-6-3-7-13-26)31(45-33)24-44-37(27-14-8-4-9-15-27,28-16-10-5-11-17-28)29-18-20-30(43-2)21-19-29/h3-21,23,31-33H,22,24H2,1-2H3,(H,38,40,42)/t31-,32+,33-/m1/s1. The van der Waals surface area contributed by atoms with Crippen molar-refractivity contribution in [1.29, 1.82) is 0 Å². The number of rotatable bonds is 10. The molecule has 46 heavy (non-hydrogen) atoms. The number of nitrogens with zero attached hydrogens (tertiary/aromatic N) is 1. The fraction of sp³-hybridized carbons (Fsp3) is 0.216. The maximum absolute atomic E-state index is 13.4. The molecule has 0 unspecified atom stereocenters. The van der Waals surface area contributed by atoms with Crippen molar-refractivity contribution in [3.8, 4) is 5.75 Å². The van der Waals surface area contributed by atoms with Gasteiger partial charge in [-0.2, -0.15) is 0 Å². The van der Waals surface area contributed by atoms with E-state index in [-0.39, 0.29) is 17.0 Å². The molecule has 4 aromatic carbocycles. The fourth-order valence-electron chi connectivity index (χ4n) is 5.85. The van der Waals surface area contributed by atoms with Crippen LogP contribution in [0.5, 0.6) is 5.75 Å². The van der Waals surface area contributed by atoms with Crippen LogP contribution in [-0.4, -0.2) is 39.7 Å². The number of carbonyl (C=O) groups is 1. The van der Waals surface area contributed by atoms with Gasteiger partial charge < -0.3 is 14.2 Å². The molecule has 8 nitrogen and oxygen atoms in total. The SMILES string of the molecule is COc1ccc(C(OC[C@H]2O[C@@H](n3cc(C)c(=O)[nH]c3=O)C[C@@H]2SC(=O)c2ccccc2)(c2ccccc2)c2ccccc2)cc1. The van der Waals surface area contributed by atoms with Crippen LogP contribution in [0.1, 0.15) is 45.3 Å². The van der Waals surface area contributed by atoms with Gasteiger partial charge in [0.05, 0.1) is 19.8 Å². The van der Waals surface area contributed by atoms with E-state index < -0.39 is 29.2 Å². The van der Waals surface area contributed by atoms with Gasteiger partial charge in [-0.05, 0) is 35.7 Å². The molecular weight excluding hydrogens is 600 g/mol. The Morgan fingerprint density at radius 1 is 0.870 bits per heavy atom. The second-order valence-electron chi connectivity index (χ2n) is 11.1. The molecule has 9 heteroatoms. The van der Waals surface area contributed by atoms with Crippen LogP contribution in [0.3, 0.4) is 0 Å². The monoisotopic (exact) mass is 634 g/mol. The fourth-order valence-corrected chi connectivity index (χ4v) is 6.96. The maximum atomic E-state index is 13.4. The molecule has 0 spiro atoms. The Morgan fingerprint density at radius 2 is 1.43 bits per heavy atom. The highest BCUT2D eigenvalue weighted by molar-refractivity contribution is 8.14. The molecule has 5 aromatic rings. The summed E-state index contributed by atoms with van der Waals surface area (Å²) >= 11 is 1.18. The van der Waals surface area contributed by atoms with Gasteiger partial charge in [0.2, 0.25) is 5.12 Å². The lowest BCUT2D eigenvalue weighted by Crippen LogP contribution is -2.38. The molecule has 3 atom stereocenters. The summed E-state index contributed by atoms with van der Waals surface area (Å²) in [7, 11) is 1.63. The quantitative estimate of drug-likeness (QED) is 0.186. The summed E-state index contributed by atoms with van der Waals surface area (Å²) in [5.41, 5.74) is 1.63. The molecule has 1 fully saturated rings. The molecule has 234 valence electrons. The van der Waals surface area contributed by atoms with Gasteiger partial charge in [0.15, 0.2) is 0 Å². The number of hydrogen-bond acceptors (Lipinski definition) is 7. The van der Waals surface area contributed by atoms with E-state index in [1.165, 1.54) is 22.5 Å². The minimum Gasteiger partial charge on any atom is -0.497 e. The Morgan fingerprint density at radius 3 is 2.02 bits per heavy atom. The van der Waals surface area contributed by atoms with Crippen molar-refractivity contribution in [3.05, 3.63) is 170 Å². The van der Waals surface area contributed by atoms with E-state index in [1.807, 2.05) is 103 Å². The number of H-pyrrole nitrogens is 1. The predicted octanol–water partition coefficient (Wildman–Crippen LogP) is 6.09. The van der Waals surface area contributed by atoms with Crippen molar-refractivity contribution in [1.82, 2.24) is 9.55 Å². The maximum Gasteiger partial charge on any atom is 0.330 e. The first kappa shape index (κ1) is 31.3. The Kier molecular flexibility index (Phi) is 9.35. The topological polar surface area (TPSA) is 99.6 Å². The van der Waals surface area contributed by atoms with Gasteiger partial charge in [-0.15, -0.1) is 0 Å². The molecule has 0 amide bonds. The lowest BCUT2D eigenvalue weighted by molar-refractivity contribution is -0.0765.